The van der Waals surface area contributed by atoms with Crippen LogP contribution in [0.15, 0.2) is 46.9 Å². The Kier molecular flexibility index (Phi) is 3.00. The number of phenolic OH excluding ortho intramolecular Hbond substituents is 1. The number of halogens is 1. The maximum absolute atomic E-state index is 9.70. The van der Waals surface area contributed by atoms with Crippen molar-refractivity contribution in [3.63, 3.8) is 0 Å². The molecule has 0 saturated carbocycles. The van der Waals surface area contributed by atoms with Crippen LogP contribution in [-0.4, -0.2) is 11.7 Å². The second kappa shape index (κ2) is 4.65. The highest BCUT2D eigenvalue weighted by Crippen LogP contribution is 2.30. The van der Waals surface area contributed by atoms with Gasteiger partial charge < -0.3 is 10.0 Å². The number of hydrogen-bond acceptors (Lipinski definition) is 2. The Labute approximate surface area is 115 Å². The van der Waals surface area contributed by atoms with E-state index in [2.05, 4.69) is 45.1 Å². The van der Waals surface area contributed by atoms with E-state index in [-0.39, 0.29) is 0 Å². The lowest BCUT2D eigenvalue weighted by molar-refractivity contribution is 0.471. The number of aromatic hydroxyl groups is 1. The van der Waals surface area contributed by atoms with E-state index in [1.54, 1.807) is 0 Å². The van der Waals surface area contributed by atoms with Crippen molar-refractivity contribution in [2.24, 2.45) is 0 Å². The van der Waals surface area contributed by atoms with Gasteiger partial charge in [-0.15, -0.1) is 0 Å². The van der Waals surface area contributed by atoms with Gasteiger partial charge in [-0.25, -0.2) is 0 Å². The summed E-state index contributed by atoms with van der Waals surface area (Å²) in [5.41, 5.74) is 3.87. The zero-order valence-corrected chi connectivity index (χ0v) is 11.5. The van der Waals surface area contributed by atoms with Crippen LogP contribution in [0.3, 0.4) is 0 Å². The summed E-state index contributed by atoms with van der Waals surface area (Å²) < 4.78 is 0.744. The van der Waals surface area contributed by atoms with E-state index < -0.39 is 0 Å². The minimum atomic E-state index is 0.306. The Hall–Kier alpha value is -1.48. The molecule has 0 unspecified atom stereocenters. The van der Waals surface area contributed by atoms with E-state index >= 15 is 0 Å². The smallest absolute Gasteiger partial charge is 0.130 e. The van der Waals surface area contributed by atoms with Crippen molar-refractivity contribution in [2.75, 3.05) is 11.4 Å². The number of hydrogen-bond donors (Lipinski definition) is 1. The molecule has 1 aliphatic rings. The second-order valence-corrected chi connectivity index (χ2v) is 5.44. The predicted octanol–water partition coefficient (Wildman–Crippen LogP) is 3.72. The van der Waals surface area contributed by atoms with Gasteiger partial charge in [-0.1, -0.05) is 24.3 Å². The highest BCUT2D eigenvalue weighted by molar-refractivity contribution is 9.10. The monoisotopic (exact) mass is 303 g/mol. The first kappa shape index (κ1) is 11.6. The van der Waals surface area contributed by atoms with Crippen LogP contribution >= 0.6 is 15.9 Å². The van der Waals surface area contributed by atoms with Gasteiger partial charge in [0.1, 0.15) is 5.75 Å². The summed E-state index contributed by atoms with van der Waals surface area (Å²) in [5.74, 6) is 0.306. The van der Waals surface area contributed by atoms with E-state index in [4.69, 9.17) is 0 Å². The van der Waals surface area contributed by atoms with Gasteiger partial charge in [0.2, 0.25) is 0 Å². The third-order valence-corrected chi connectivity index (χ3v) is 4.04. The quantitative estimate of drug-likeness (QED) is 0.914. The van der Waals surface area contributed by atoms with Crippen LogP contribution in [-0.2, 0) is 13.0 Å². The van der Waals surface area contributed by atoms with Gasteiger partial charge >= 0.3 is 0 Å². The fraction of sp³-hybridized carbons (Fsp3) is 0.200. The van der Waals surface area contributed by atoms with Gasteiger partial charge in [0.15, 0.2) is 0 Å². The molecule has 2 aromatic rings. The molecule has 2 nitrogen and oxygen atoms in total. The summed E-state index contributed by atoms with van der Waals surface area (Å²) in [4.78, 5) is 2.36. The van der Waals surface area contributed by atoms with Crippen molar-refractivity contribution >= 4 is 21.6 Å². The highest BCUT2D eigenvalue weighted by atomic mass is 79.9. The third-order valence-electron chi connectivity index (χ3n) is 3.37. The molecule has 2 aromatic carbocycles. The molecule has 0 fully saturated rings. The summed E-state index contributed by atoms with van der Waals surface area (Å²) in [7, 11) is 0. The molecule has 0 aromatic heterocycles. The number of benzene rings is 2. The lowest BCUT2D eigenvalue weighted by Crippen LogP contribution is -2.19. The van der Waals surface area contributed by atoms with E-state index in [9.17, 15) is 5.11 Å². The van der Waals surface area contributed by atoms with Crippen molar-refractivity contribution in [1.29, 1.82) is 0 Å². The summed E-state index contributed by atoms with van der Waals surface area (Å²) in [5, 5.41) is 9.70. The van der Waals surface area contributed by atoms with E-state index in [1.165, 1.54) is 11.3 Å². The van der Waals surface area contributed by atoms with Crippen LogP contribution in [0, 0.1) is 0 Å². The number of rotatable bonds is 2. The number of anilines is 1. The molecule has 1 N–H and O–H groups in total. The van der Waals surface area contributed by atoms with E-state index in [0.717, 1.165) is 29.5 Å². The van der Waals surface area contributed by atoms with Crippen LogP contribution in [0.4, 0.5) is 5.69 Å². The highest BCUT2D eigenvalue weighted by Gasteiger charge is 2.18. The molecular formula is C15H14BrNO. The summed E-state index contributed by atoms with van der Waals surface area (Å²) in [6.45, 7) is 1.90. The summed E-state index contributed by atoms with van der Waals surface area (Å²) in [6, 6.07) is 14.3. The van der Waals surface area contributed by atoms with Gasteiger partial charge in [0.05, 0.1) is 4.47 Å². The summed E-state index contributed by atoms with van der Waals surface area (Å²) >= 11 is 3.30. The largest absolute Gasteiger partial charge is 0.507 e. The molecule has 3 rings (SSSR count). The molecular weight excluding hydrogens is 290 g/mol. The molecule has 0 aliphatic carbocycles. The molecule has 1 heterocycles. The SMILES string of the molecule is Oc1cc(CN2CCc3ccccc32)ccc1Br. The minimum Gasteiger partial charge on any atom is -0.507 e. The Morgan fingerprint density at radius 1 is 1.17 bits per heavy atom. The molecule has 0 spiro atoms. The first-order chi connectivity index (χ1) is 8.74. The predicted molar refractivity (Wildman–Crippen MR) is 77.0 cm³/mol. The van der Waals surface area contributed by atoms with Gasteiger partial charge in [0, 0.05) is 18.8 Å². The Morgan fingerprint density at radius 2 is 2.00 bits per heavy atom. The Balaban J connectivity index is 1.84. The average Bonchev–Trinajstić information content (AvgIpc) is 2.78. The Bertz CT molecular complexity index is 582. The van der Waals surface area contributed by atoms with Crippen LogP contribution in [0.1, 0.15) is 11.1 Å². The average molecular weight is 304 g/mol. The molecule has 0 radical (unpaired) electrons. The lowest BCUT2D eigenvalue weighted by atomic mass is 10.1. The first-order valence-corrected chi connectivity index (χ1v) is 6.83. The van der Waals surface area contributed by atoms with Gasteiger partial charge in [-0.2, -0.15) is 0 Å². The van der Waals surface area contributed by atoms with E-state index in [1.807, 2.05) is 18.2 Å². The number of phenols is 1. The lowest BCUT2D eigenvalue weighted by Gasteiger charge is -2.19. The number of nitrogens with zero attached hydrogens (tertiary/aromatic N) is 1. The van der Waals surface area contributed by atoms with Crippen molar-refractivity contribution < 1.29 is 5.11 Å². The van der Waals surface area contributed by atoms with Crippen molar-refractivity contribution in [2.45, 2.75) is 13.0 Å². The maximum Gasteiger partial charge on any atom is 0.130 e. The molecule has 92 valence electrons. The fourth-order valence-electron chi connectivity index (χ4n) is 2.45. The number of fused-ring (bicyclic) bond motifs is 1. The van der Waals surface area contributed by atoms with Crippen LogP contribution in [0.5, 0.6) is 5.75 Å². The molecule has 0 amide bonds. The molecule has 0 atom stereocenters. The first-order valence-electron chi connectivity index (χ1n) is 6.04. The van der Waals surface area contributed by atoms with Crippen LogP contribution in [0.2, 0.25) is 0 Å². The second-order valence-electron chi connectivity index (χ2n) is 4.59. The van der Waals surface area contributed by atoms with Crippen molar-refractivity contribution in [3.8, 4) is 5.75 Å². The normalized spacial score (nSPS) is 13.7. The summed E-state index contributed by atoms with van der Waals surface area (Å²) in [6.07, 6.45) is 1.11. The van der Waals surface area contributed by atoms with Crippen molar-refractivity contribution in [1.82, 2.24) is 0 Å². The topological polar surface area (TPSA) is 23.5 Å². The molecule has 0 saturated heterocycles. The van der Waals surface area contributed by atoms with Gasteiger partial charge in [0.25, 0.3) is 0 Å². The Morgan fingerprint density at radius 3 is 2.83 bits per heavy atom. The van der Waals surface area contributed by atoms with Gasteiger partial charge in [-0.3, -0.25) is 0 Å². The zero-order chi connectivity index (χ0) is 12.5. The molecule has 0 bridgehead atoms. The zero-order valence-electron chi connectivity index (χ0n) is 9.94. The van der Waals surface area contributed by atoms with E-state index in [0.29, 0.717) is 5.75 Å². The molecule has 18 heavy (non-hydrogen) atoms. The fourth-order valence-corrected chi connectivity index (χ4v) is 2.69. The number of para-hydroxylation sites is 1. The maximum atomic E-state index is 9.70. The molecule has 3 heteroatoms. The standard InChI is InChI=1S/C15H14BrNO/c16-13-6-5-11(9-15(13)18)10-17-8-7-12-3-1-2-4-14(12)17/h1-6,9,18H,7-8,10H2. The minimum absolute atomic E-state index is 0.306. The van der Waals surface area contributed by atoms with Crippen molar-refractivity contribution in [3.05, 3.63) is 58.1 Å². The van der Waals surface area contributed by atoms with Crippen LogP contribution in [0.25, 0.3) is 0 Å². The molecule has 1 aliphatic heterocycles. The third kappa shape index (κ3) is 2.10. The van der Waals surface area contributed by atoms with Crippen LogP contribution < -0.4 is 4.90 Å². The van der Waals surface area contributed by atoms with Gasteiger partial charge in [-0.05, 0) is 51.7 Å².